The maximum absolute atomic E-state index is 11.8. The molecule has 16 heavy (non-hydrogen) atoms. The first-order valence-electron chi connectivity index (χ1n) is 5.91. The van der Waals surface area contributed by atoms with E-state index in [2.05, 4.69) is 10.6 Å². The summed E-state index contributed by atoms with van der Waals surface area (Å²) in [5.41, 5.74) is -0.763. The predicted octanol–water partition coefficient (Wildman–Crippen LogP) is -0.748. The highest BCUT2D eigenvalue weighted by Crippen LogP contribution is 2.19. The highest BCUT2D eigenvalue weighted by molar-refractivity contribution is 5.79. The van der Waals surface area contributed by atoms with Crippen LogP contribution in [0.3, 0.4) is 0 Å². The van der Waals surface area contributed by atoms with Crippen LogP contribution in [0.5, 0.6) is 0 Å². The second kappa shape index (κ2) is 4.69. The van der Waals surface area contributed by atoms with Crippen molar-refractivity contribution in [1.29, 1.82) is 0 Å². The fraction of sp³-hybridized carbons (Fsp3) is 0.909. The molecule has 5 nitrogen and oxygen atoms in total. The van der Waals surface area contributed by atoms with Crippen LogP contribution < -0.4 is 10.6 Å². The summed E-state index contributed by atoms with van der Waals surface area (Å²) in [6.07, 6.45) is 1.65. The lowest BCUT2D eigenvalue weighted by Crippen LogP contribution is -2.46. The summed E-state index contributed by atoms with van der Waals surface area (Å²) in [5, 5.41) is 15.9. The van der Waals surface area contributed by atoms with E-state index in [9.17, 15) is 9.90 Å². The second-order valence-corrected chi connectivity index (χ2v) is 4.95. The van der Waals surface area contributed by atoms with Crippen molar-refractivity contribution in [3.63, 3.8) is 0 Å². The molecule has 5 heteroatoms. The maximum Gasteiger partial charge on any atom is 0.225 e. The number of carbonyl (C=O) groups is 1. The number of aliphatic hydroxyl groups is 1. The Hall–Kier alpha value is -0.650. The van der Waals surface area contributed by atoms with Gasteiger partial charge in [-0.25, -0.2) is 0 Å². The van der Waals surface area contributed by atoms with E-state index in [1.807, 2.05) is 6.92 Å². The van der Waals surface area contributed by atoms with Gasteiger partial charge in [-0.15, -0.1) is 0 Å². The van der Waals surface area contributed by atoms with E-state index < -0.39 is 5.60 Å². The largest absolute Gasteiger partial charge is 0.387 e. The molecular formula is C11H20N2O3. The smallest absolute Gasteiger partial charge is 0.225 e. The molecule has 1 amide bonds. The first kappa shape index (κ1) is 11.8. The van der Waals surface area contributed by atoms with Gasteiger partial charge in [-0.1, -0.05) is 0 Å². The predicted molar refractivity (Wildman–Crippen MR) is 59.0 cm³/mol. The fourth-order valence-electron chi connectivity index (χ4n) is 2.28. The minimum atomic E-state index is -0.763. The molecule has 3 atom stereocenters. The molecule has 0 spiro atoms. The Morgan fingerprint density at radius 1 is 1.69 bits per heavy atom. The van der Waals surface area contributed by atoms with Crippen molar-refractivity contribution in [1.82, 2.24) is 10.6 Å². The number of carbonyl (C=O) groups excluding carboxylic acids is 1. The molecule has 3 N–H and O–H groups in total. The summed E-state index contributed by atoms with van der Waals surface area (Å²) in [6.45, 7) is 4.19. The van der Waals surface area contributed by atoms with Crippen LogP contribution in [-0.4, -0.2) is 49.0 Å². The molecular weight excluding hydrogens is 208 g/mol. The summed E-state index contributed by atoms with van der Waals surface area (Å²) < 4.78 is 5.35. The SMILES string of the molecule is CC1CC(C(=O)NCC2(O)CCNC2)CO1. The molecule has 3 unspecified atom stereocenters. The molecule has 0 aromatic rings. The number of β-amino-alcohol motifs (C(OH)–C–C–N with tert-alkyl or cyclic N) is 1. The maximum atomic E-state index is 11.8. The van der Waals surface area contributed by atoms with E-state index in [0.29, 0.717) is 26.1 Å². The third kappa shape index (κ3) is 2.72. The summed E-state index contributed by atoms with van der Waals surface area (Å²) in [4.78, 5) is 11.8. The van der Waals surface area contributed by atoms with E-state index in [4.69, 9.17) is 4.74 Å². The van der Waals surface area contributed by atoms with Crippen LogP contribution in [0.2, 0.25) is 0 Å². The van der Waals surface area contributed by atoms with Crippen LogP contribution >= 0.6 is 0 Å². The monoisotopic (exact) mass is 228 g/mol. The average Bonchev–Trinajstić information content (AvgIpc) is 2.85. The average molecular weight is 228 g/mol. The Morgan fingerprint density at radius 2 is 2.50 bits per heavy atom. The van der Waals surface area contributed by atoms with Crippen LogP contribution in [0.15, 0.2) is 0 Å². The summed E-state index contributed by atoms with van der Waals surface area (Å²) in [5.74, 6) is -0.0439. The normalized spacial score (nSPS) is 38.9. The van der Waals surface area contributed by atoms with Crippen molar-refractivity contribution in [2.75, 3.05) is 26.2 Å². The Kier molecular flexibility index (Phi) is 3.47. The van der Waals surface area contributed by atoms with Gasteiger partial charge in [0.1, 0.15) is 0 Å². The Bertz CT molecular complexity index is 264. The fourth-order valence-corrected chi connectivity index (χ4v) is 2.28. The lowest BCUT2D eigenvalue weighted by molar-refractivity contribution is -0.126. The minimum absolute atomic E-state index is 0.00433. The van der Waals surface area contributed by atoms with Gasteiger partial charge in [0.15, 0.2) is 0 Å². The highest BCUT2D eigenvalue weighted by Gasteiger charge is 2.33. The van der Waals surface area contributed by atoms with Gasteiger partial charge < -0.3 is 20.5 Å². The molecule has 0 bridgehead atoms. The molecule has 0 aromatic carbocycles. The first-order chi connectivity index (χ1) is 7.59. The zero-order valence-electron chi connectivity index (χ0n) is 9.66. The van der Waals surface area contributed by atoms with Gasteiger partial charge in [-0.3, -0.25) is 4.79 Å². The molecule has 0 radical (unpaired) electrons. The molecule has 2 rings (SSSR count). The van der Waals surface area contributed by atoms with Gasteiger partial charge in [-0.2, -0.15) is 0 Å². The van der Waals surface area contributed by atoms with E-state index >= 15 is 0 Å². The van der Waals surface area contributed by atoms with Crippen molar-refractivity contribution in [3.8, 4) is 0 Å². The molecule has 2 aliphatic rings. The summed E-state index contributed by atoms with van der Waals surface area (Å²) in [7, 11) is 0. The van der Waals surface area contributed by atoms with Crippen molar-refractivity contribution < 1.29 is 14.6 Å². The molecule has 2 fully saturated rings. The quantitative estimate of drug-likeness (QED) is 0.594. The number of ether oxygens (including phenoxy) is 1. The first-order valence-corrected chi connectivity index (χ1v) is 5.91. The van der Waals surface area contributed by atoms with Gasteiger partial charge in [0.05, 0.1) is 24.2 Å². The van der Waals surface area contributed by atoms with Crippen LogP contribution in [0.4, 0.5) is 0 Å². The van der Waals surface area contributed by atoms with Gasteiger partial charge in [0.2, 0.25) is 5.91 Å². The molecule has 0 saturated carbocycles. The third-order valence-corrected chi connectivity index (χ3v) is 3.38. The second-order valence-electron chi connectivity index (χ2n) is 4.95. The summed E-state index contributed by atoms with van der Waals surface area (Å²) >= 11 is 0. The van der Waals surface area contributed by atoms with Crippen molar-refractivity contribution in [2.45, 2.75) is 31.5 Å². The minimum Gasteiger partial charge on any atom is -0.387 e. The number of amides is 1. The van der Waals surface area contributed by atoms with Crippen LogP contribution in [0.1, 0.15) is 19.8 Å². The van der Waals surface area contributed by atoms with Gasteiger partial charge in [0.25, 0.3) is 0 Å². The summed E-state index contributed by atoms with van der Waals surface area (Å²) in [6, 6.07) is 0. The Balaban J connectivity index is 1.75. The van der Waals surface area contributed by atoms with Gasteiger partial charge in [-0.05, 0) is 26.3 Å². The van der Waals surface area contributed by atoms with Crippen LogP contribution in [0.25, 0.3) is 0 Å². The molecule has 2 aliphatic heterocycles. The van der Waals surface area contributed by atoms with Crippen molar-refractivity contribution in [3.05, 3.63) is 0 Å². The van der Waals surface area contributed by atoms with E-state index in [0.717, 1.165) is 13.0 Å². The lowest BCUT2D eigenvalue weighted by atomic mass is 10.0. The number of hydrogen-bond donors (Lipinski definition) is 3. The molecule has 2 heterocycles. The van der Waals surface area contributed by atoms with Gasteiger partial charge >= 0.3 is 0 Å². The van der Waals surface area contributed by atoms with Crippen molar-refractivity contribution in [2.24, 2.45) is 5.92 Å². The molecule has 2 saturated heterocycles. The van der Waals surface area contributed by atoms with Crippen LogP contribution in [0, 0.1) is 5.92 Å². The Labute approximate surface area is 95.5 Å². The Morgan fingerprint density at radius 3 is 3.06 bits per heavy atom. The zero-order valence-corrected chi connectivity index (χ0v) is 9.66. The zero-order chi connectivity index (χ0) is 11.6. The van der Waals surface area contributed by atoms with E-state index in [1.165, 1.54) is 0 Å². The van der Waals surface area contributed by atoms with E-state index in [1.54, 1.807) is 0 Å². The van der Waals surface area contributed by atoms with E-state index in [-0.39, 0.29) is 17.9 Å². The molecule has 0 aliphatic carbocycles. The number of rotatable bonds is 3. The topological polar surface area (TPSA) is 70.6 Å². The number of hydrogen-bond acceptors (Lipinski definition) is 4. The van der Waals surface area contributed by atoms with Crippen molar-refractivity contribution >= 4 is 5.91 Å². The molecule has 92 valence electrons. The lowest BCUT2D eigenvalue weighted by Gasteiger charge is -2.22. The standard InChI is InChI=1S/C11H20N2O3/c1-8-4-9(5-16-8)10(14)13-7-11(15)2-3-12-6-11/h8-9,12,15H,2-7H2,1H3,(H,13,14). The highest BCUT2D eigenvalue weighted by atomic mass is 16.5. The third-order valence-electron chi connectivity index (χ3n) is 3.38. The number of nitrogens with one attached hydrogen (secondary N) is 2. The van der Waals surface area contributed by atoms with Crippen LogP contribution in [-0.2, 0) is 9.53 Å². The van der Waals surface area contributed by atoms with Gasteiger partial charge in [0, 0.05) is 13.1 Å². The molecule has 0 aromatic heterocycles.